The van der Waals surface area contributed by atoms with Crippen LogP contribution in [-0.4, -0.2) is 9.97 Å². The molecular weight excluding hydrogens is 556 g/mol. The Balaban J connectivity index is 0.996. The number of hydrogen-bond acceptors (Lipinski definition) is 0. The van der Waals surface area contributed by atoms with Gasteiger partial charge < -0.3 is 9.97 Å². The number of fused-ring (bicyclic) bond motifs is 8. The summed E-state index contributed by atoms with van der Waals surface area (Å²) in [5.41, 5.74) is 12.1. The molecule has 2 aromatic heterocycles. The first-order chi connectivity index (χ1) is 22.8. The lowest BCUT2D eigenvalue weighted by Crippen LogP contribution is -1.85. The first-order valence-corrected chi connectivity index (χ1v) is 15.8. The third-order valence-electron chi connectivity index (χ3n) is 9.74. The highest BCUT2D eigenvalue weighted by atomic mass is 14.7. The Morgan fingerprint density at radius 3 is 1.13 bits per heavy atom. The van der Waals surface area contributed by atoms with E-state index in [1.54, 1.807) is 0 Å². The van der Waals surface area contributed by atoms with Gasteiger partial charge >= 0.3 is 0 Å². The lowest BCUT2D eigenvalue weighted by molar-refractivity contribution is 1.55. The molecule has 2 nitrogen and oxygen atoms in total. The van der Waals surface area contributed by atoms with E-state index < -0.39 is 0 Å². The predicted octanol–water partition coefficient (Wildman–Crippen LogP) is 12.3. The van der Waals surface area contributed by atoms with Crippen molar-refractivity contribution in [3.63, 3.8) is 0 Å². The molecule has 10 aromatic rings. The van der Waals surface area contributed by atoms with Gasteiger partial charge in [-0.15, -0.1) is 0 Å². The van der Waals surface area contributed by atoms with E-state index >= 15 is 0 Å². The lowest BCUT2D eigenvalue weighted by atomic mass is 9.93. The molecule has 46 heavy (non-hydrogen) atoms. The van der Waals surface area contributed by atoms with Crippen LogP contribution in [0.2, 0.25) is 0 Å². The second-order valence-corrected chi connectivity index (χ2v) is 12.3. The average Bonchev–Trinajstić information content (AvgIpc) is 3.66. The van der Waals surface area contributed by atoms with Gasteiger partial charge in [0.15, 0.2) is 0 Å². The minimum Gasteiger partial charge on any atom is -0.354 e. The summed E-state index contributed by atoms with van der Waals surface area (Å²) >= 11 is 0. The maximum Gasteiger partial charge on any atom is 0.0471 e. The smallest absolute Gasteiger partial charge is 0.0471 e. The monoisotopic (exact) mass is 584 g/mol. The van der Waals surface area contributed by atoms with Gasteiger partial charge in [-0.3, -0.25) is 0 Å². The van der Waals surface area contributed by atoms with Crippen LogP contribution in [0, 0.1) is 0 Å². The second-order valence-electron chi connectivity index (χ2n) is 12.3. The van der Waals surface area contributed by atoms with Gasteiger partial charge in [0.05, 0.1) is 0 Å². The van der Waals surface area contributed by atoms with Crippen molar-refractivity contribution in [2.45, 2.75) is 0 Å². The van der Waals surface area contributed by atoms with E-state index in [-0.39, 0.29) is 0 Å². The van der Waals surface area contributed by atoms with Crippen LogP contribution in [0.25, 0.3) is 98.5 Å². The molecule has 0 unspecified atom stereocenters. The summed E-state index contributed by atoms with van der Waals surface area (Å²) in [5.74, 6) is 0. The van der Waals surface area contributed by atoms with Crippen molar-refractivity contribution in [3.05, 3.63) is 158 Å². The fourth-order valence-corrected chi connectivity index (χ4v) is 7.44. The maximum atomic E-state index is 3.62. The Morgan fingerprint density at radius 1 is 0.261 bits per heavy atom. The maximum absolute atomic E-state index is 3.62. The zero-order valence-corrected chi connectivity index (χ0v) is 25.0. The molecule has 0 radical (unpaired) electrons. The number of aromatic nitrogens is 2. The average molecular weight is 585 g/mol. The van der Waals surface area contributed by atoms with Gasteiger partial charge in [-0.1, -0.05) is 121 Å². The van der Waals surface area contributed by atoms with Gasteiger partial charge in [0.25, 0.3) is 0 Å². The summed E-state index contributed by atoms with van der Waals surface area (Å²) in [6.45, 7) is 0. The third-order valence-corrected chi connectivity index (χ3v) is 9.74. The predicted molar refractivity (Wildman–Crippen MR) is 196 cm³/mol. The summed E-state index contributed by atoms with van der Waals surface area (Å²) in [5, 5.41) is 10.1. The SMILES string of the molecule is c1cc(-c2ccc(-c3ccc(-c4cccc5cc6c(cc45)[nH]c4ccccc46)cc3)cc2)c2cc3[nH]c4ccccc4c3cc2c1. The lowest BCUT2D eigenvalue weighted by Gasteiger charge is -2.11. The van der Waals surface area contributed by atoms with E-state index in [2.05, 4.69) is 168 Å². The van der Waals surface area contributed by atoms with Gasteiger partial charge in [0.1, 0.15) is 0 Å². The topological polar surface area (TPSA) is 31.6 Å². The Kier molecular flexibility index (Phi) is 5.31. The number of aromatic amines is 2. The minimum atomic E-state index is 1.18. The minimum absolute atomic E-state index is 1.18. The van der Waals surface area contributed by atoms with E-state index in [9.17, 15) is 0 Å². The van der Waals surface area contributed by atoms with Crippen LogP contribution in [0.5, 0.6) is 0 Å². The standard InChI is InChI=1S/C44H28N2/c1-3-13-41-35(9-1)39-23-31-7-5-11-33(37(31)25-43(39)45-41)29-19-15-27(16-20-29)28-17-21-30(22-18-28)34-12-6-8-32-24-40-36-10-2-4-14-42(36)46-44(40)26-38(32)34/h1-26,45-46H. The third kappa shape index (κ3) is 3.84. The van der Waals surface area contributed by atoms with Gasteiger partial charge in [-0.05, 0) is 91.3 Å². The Morgan fingerprint density at radius 2 is 0.674 bits per heavy atom. The molecule has 0 saturated carbocycles. The first-order valence-electron chi connectivity index (χ1n) is 15.8. The number of H-pyrrole nitrogens is 2. The van der Waals surface area contributed by atoms with Gasteiger partial charge in [-0.2, -0.15) is 0 Å². The molecule has 0 spiro atoms. The van der Waals surface area contributed by atoms with E-state index in [1.807, 2.05) is 0 Å². The van der Waals surface area contributed by atoms with E-state index in [0.29, 0.717) is 0 Å². The molecule has 2 heteroatoms. The van der Waals surface area contributed by atoms with Gasteiger partial charge in [0, 0.05) is 43.6 Å². The van der Waals surface area contributed by atoms with Crippen LogP contribution < -0.4 is 0 Å². The molecule has 0 atom stereocenters. The zero-order valence-electron chi connectivity index (χ0n) is 25.0. The van der Waals surface area contributed by atoms with Crippen molar-refractivity contribution in [3.8, 4) is 33.4 Å². The zero-order chi connectivity index (χ0) is 30.2. The molecule has 2 N–H and O–H groups in total. The van der Waals surface area contributed by atoms with Crippen molar-refractivity contribution in [2.24, 2.45) is 0 Å². The van der Waals surface area contributed by atoms with E-state index in [1.165, 1.54) is 98.5 Å². The van der Waals surface area contributed by atoms with Crippen molar-refractivity contribution in [1.82, 2.24) is 9.97 Å². The van der Waals surface area contributed by atoms with Crippen LogP contribution in [-0.2, 0) is 0 Å². The molecule has 10 rings (SSSR count). The molecule has 0 aliphatic carbocycles. The van der Waals surface area contributed by atoms with E-state index in [0.717, 1.165) is 0 Å². The highest BCUT2D eigenvalue weighted by Gasteiger charge is 2.12. The van der Waals surface area contributed by atoms with Crippen molar-refractivity contribution in [2.75, 3.05) is 0 Å². The highest BCUT2D eigenvalue weighted by Crippen LogP contribution is 2.37. The number of benzene rings is 8. The summed E-state index contributed by atoms with van der Waals surface area (Å²) < 4.78 is 0. The first kappa shape index (κ1) is 25.2. The van der Waals surface area contributed by atoms with Crippen molar-refractivity contribution >= 4 is 65.2 Å². The molecule has 0 amide bonds. The fraction of sp³-hybridized carbons (Fsp3) is 0. The summed E-state index contributed by atoms with van der Waals surface area (Å²) in [6, 6.07) is 57.6. The van der Waals surface area contributed by atoms with Crippen molar-refractivity contribution in [1.29, 1.82) is 0 Å². The van der Waals surface area contributed by atoms with E-state index in [4.69, 9.17) is 0 Å². The van der Waals surface area contributed by atoms with Crippen LogP contribution in [0.3, 0.4) is 0 Å². The normalized spacial score (nSPS) is 11.9. The molecule has 0 saturated heterocycles. The summed E-state index contributed by atoms with van der Waals surface area (Å²) in [4.78, 5) is 7.23. The number of rotatable bonds is 3. The molecule has 0 fully saturated rings. The fourth-order valence-electron chi connectivity index (χ4n) is 7.44. The number of hydrogen-bond donors (Lipinski definition) is 2. The Hall–Kier alpha value is -6.12. The van der Waals surface area contributed by atoms with Gasteiger partial charge in [0.2, 0.25) is 0 Å². The number of para-hydroxylation sites is 2. The molecule has 0 aliphatic heterocycles. The second kappa shape index (κ2) is 9.69. The largest absolute Gasteiger partial charge is 0.354 e. The van der Waals surface area contributed by atoms with Gasteiger partial charge in [-0.25, -0.2) is 0 Å². The molecule has 2 heterocycles. The molecular formula is C44H28N2. The molecule has 0 aliphatic rings. The molecule has 214 valence electrons. The Labute approximate surface area is 265 Å². The quantitative estimate of drug-likeness (QED) is 0.207. The van der Waals surface area contributed by atoms with Crippen molar-refractivity contribution < 1.29 is 0 Å². The van der Waals surface area contributed by atoms with Crippen LogP contribution in [0.4, 0.5) is 0 Å². The van der Waals surface area contributed by atoms with Crippen LogP contribution in [0.15, 0.2) is 158 Å². The summed E-state index contributed by atoms with van der Waals surface area (Å²) in [6.07, 6.45) is 0. The Bertz CT molecular complexity index is 2580. The van der Waals surface area contributed by atoms with Crippen LogP contribution in [0.1, 0.15) is 0 Å². The highest BCUT2D eigenvalue weighted by molar-refractivity contribution is 6.15. The molecule has 0 bridgehead atoms. The molecule has 8 aromatic carbocycles. The summed E-state index contributed by atoms with van der Waals surface area (Å²) in [7, 11) is 0. The number of nitrogens with one attached hydrogen (secondary N) is 2. The van der Waals surface area contributed by atoms with Crippen LogP contribution >= 0.6 is 0 Å².